The van der Waals surface area contributed by atoms with Gasteiger partial charge in [-0.2, -0.15) is 0 Å². The molecular weight excluding hydrogens is 286 g/mol. The molecule has 0 radical (unpaired) electrons. The van der Waals surface area contributed by atoms with Gasteiger partial charge in [0.15, 0.2) is 0 Å². The van der Waals surface area contributed by atoms with Crippen molar-refractivity contribution < 1.29 is 4.42 Å². The molecule has 0 saturated heterocycles. The van der Waals surface area contributed by atoms with Crippen molar-refractivity contribution in [3.63, 3.8) is 0 Å². The Hall–Kier alpha value is -2.62. The summed E-state index contributed by atoms with van der Waals surface area (Å²) in [5, 5.41) is 11.7. The average molecular weight is 307 g/mol. The predicted molar refractivity (Wildman–Crippen MR) is 92.5 cm³/mol. The second kappa shape index (κ2) is 6.24. The number of benzene rings is 2. The largest absolute Gasteiger partial charge is 0.419 e. The summed E-state index contributed by atoms with van der Waals surface area (Å²) in [5.41, 5.74) is 7.00. The highest BCUT2D eigenvalue weighted by Crippen LogP contribution is 2.23. The van der Waals surface area contributed by atoms with E-state index in [9.17, 15) is 0 Å². The predicted octanol–water partition coefficient (Wildman–Crippen LogP) is 4.58. The Balaban J connectivity index is 1.74. The van der Waals surface area contributed by atoms with Gasteiger partial charge in [-0.25, -0.2) is 0 Å². The molecule has 0 unspecified atom stereocenters. The van der Waals surface area contributed by atoms with Crippen LogP contribution in [0.5, 0.6) is 0 Å². The van der Waals surface area contributed by atoms with Crippen LogP contribution < -0.4 is 5.32 Å². The van der Waals surface area contributed by atoms with Gasteiger partial charge in [-0.3, -0.25) is 0 Å². The molecule has 0 amide bonds. The molecule has 3 rings (SSSR count). The standard InChI is InChI=1S/C19H21N3O/c1-12-5-7-16(8-6-12)19-22-21-17(23-19)11-20-18-14(3)9-13(2)10-15(18)4/h5-10,20H,11H2,1-4H3. The number of nitrogens with one attached hydrogen (secondary N) is 1. The van der Waals surface area contributed by atoms with Crippen LogP contribution in [0.25, 0.3) is 11.5 Å². The van der Waals surface area contributed by atoms with E-state index in [-0.39, 0.29) is 0 Å². The molecule has 0 aliphatic heterocycles. The van der Waals surface area contributed by atoms with Gasteiger partial charge in [0.05, 0.1) is 6.54 Å². The monoisotopic (exact) mass is 307 g/mol. The topological polar surface area (TPSA) is 51.0 Å². The van der Waals surface area contributed by atoms with Crippen molar-refractivity contribution in [1.82, 2.24) is 10.2 Å². The van der Waals surface area contributed by atoms with Crippen LogP contribution in [-0.4, -0.2) is 10.2 Å². The molecule has 1 N–H and O–H groups in total. The summed E-state index contributed by atoms with van der Waals surface area (Å²) in [4.78, 5) is 0. The fourth-order valence-electron chi connectivity index (χ4n) is 2.76. The zero-order valence-electron chi connectivity index (χ0n) is 14.0. The molecule has 0 bridgehead atoms. The van der Waals surface area contributed by atoms with Crippen molar-refractivity contribution in [2.24, 2.45) is 0 Å². The molecule has 3 aromatic rings. The molecule has 0 saturated carbocycles. The second-order valence-electron chi connectivity index (χ2n) is 5.99. The fraction of sp³-hybridized carbons (Fsp3) is 0.263. The highest BCUT2D eigenvalue weighted by molar-refractivity contribution is 5.58. The second-order valence-corrected chi connectivity index (χ2v) is 5.99. The van der Waals surface area contributed by atoms with E-state index in [0.717, 1.165) is 11.3 Å². The molecule has 1 heterocycles. The zero-order valence-corrected chi connectivity index (χ0v) is 14.0. The summed E-state index contributed by atoms with van der Waals surface area (Å²) in [7, 11) is 0. The van der Waals surface area contributed by atoms with E-state index < -0.39 is 0 Å². The molecule has 4 heteroatoms. The van der Waals surface area contributed by atoms with Crippen molar-refractivity contribution >= 4 is 5.69 Å². The highest BCUT2D eigenvalue weighted by Gasteiger charge is 2.10. The summed E-state index contributed by atoms with van der Waals surface area (Å²) in [6, 6.07) is 12.4. The fourth-order valence-corrected chi connectivity index (χ4v) is 2.76. The van der Waals surface area contributed by atoms with Crippen molar-refractivity contribution in [3.8, 4) is 11.5 Å². The summed E-state index contributed by atoms with van der Waals surface area (Å²) in [6.07, 6.45) is 0. The van der Waals surface area contributed by atoms with Gasteiger partial charge in [-0.1, -0.05) is 35.4 Å². The molecule has 0 fully saturated rings. The molecule has 0 aliphatic rings. The minimum absolute atomic E-state index is 0.517. The molecule has 4 nitrogen and oxygen atoms in total. The van der Waals surface area contributed by atoms with E-state index in [1.165, 1.54) is 22.3 Å². The van der Waals surface area contributed by atoms with Crippen LogP contribution in [0.1, 0.15) is 28.1 Å². The quantitative estimate of drug-likeness (QED) is 0.766. The number of hydrogen-bond donors (Lipinski definition) is 1. The first-order valence-electron chi connectivity index (χ1n) is 7.74. The SMILES string of the molecule is Cc1ccc(-c2nnc(CNc3c(C)cc(C)cc3C)o2)cc1. The Bertz CT molecular complexity index is 796. The first-order valence-corrected chi connectivity index (χ1v) is 7.74. The summed E-state index contributed by atoms with van der Waals surface area (Å²) in [6.45, 7) is 8.89. The van der Waals surface area contributed by atoms with Crippen LogP contribution in [0.3, 0.4) is 0 Å². The third kappa shape index (κ3) is 3.42. The Morgan fingerprint density at radius 2 is 1.52 bits per heavy atom. The maximum Gasteiger partial charge on any atom is 0.247 e. The lowest BCUT2D eigenvalue weighted by Crippen LogP contribution is -2.03. The van der Waals surface area contributed by atoms with E-state index in [4.69, 9.17) is 4.42 Å². The number of aryl methyl sites for hydroxylation is 4. The van der Waals surface area contributed by atoms with Crippen LogP contribution in [0, 0.1) is 27.7 Å². The van der Waals surface area contributed by atoms with Crippen molar-refractivity contribution in [2.75, 3.05) is 5.32 Å². The molecule has 118 valence electrons. The van der Waals surface area contributed by atoms with E-state index >= 15 is 0 Å². The van der Waals surface area contributed by atoms with Crippen molar-refractivity contribution in [3.05, 3.63) is 64.5 Å². The normalized spacial score (nSPS) is 10.8. The molecular formula is C19H21N3O. The van der Waals surface area contributed by atoms with Crippen LogP contribution in [0.15, 0.2) is 40.8 Å². The van der Waals surface area contributed by atoms with Crippen LogP contribution in [-0.2, 0) is 6.54 Å². The molecule has 0 aliphatic carbocycles. The van der Waals surface area contributed by atoms with Gasteiger partial charge in [-0.05, 0) is 51.0 Å². The summed E-state index contributed by atoms with van der Waals surface area (Å²) >= 11 is 0. The smallest absolute Gasteiger partial charge is 0.247 e. The third-order valence-corrected chi connectivity index (χ3v) is 3.86. The number of nitrogens with zero attached hydrogens (tertiary/aromatic N) is 2. The Morgan fingerprint density at radius 1 is 0.870 bits per heavy atom. The minimum Gasteiger partial charge on any atom is -0.419 e. The third-order valence-electron chi connectivity index (χ3n) is 3.86. The van der Waals surface area contributed by atoms with E-state index in [2.05, 4.69) is 55.3 Å². The number of aromatic nitrogens is 2. The Labute approximate surface area is 136 Å². The number of anilines is 1. The van der Waals surface area contributed by atoms with Crippen molar-refractivity contribution in [1.29, 1.82) is 0 Å². The minimum atomic E-state index is 0.517. The molecule has 2 aromatic carbocycles. The van der Waals surface area contributed by atoms with Gasteiger partial charge in [0, 0.05) is 11.3 Å². The molecule has 1 aromatic heterocycles. The lowest BCUT2D eigenvalue weighted by atomic mass is 10.1. The van der Waals surface area contributed by atoms with Gasteiger partial charge in [-0.15, -0.1) is 10.2 Å². The van der Waals surface area contributed by atoms with Gasteiger partial charge in [0.1, 0.15) is 0 Å². The van der Waals surface area contributed by atoms with Crippen LogP contribution >= 0.6 is 0 Å². The first-order chi connectivity index (χ1) is 11.0. The molecule has 0 atom stereocenters. The number of rotatable bonds is 4. The zero-order chi connectivity index (χ0) is 16.4. The van der Waals surface area contributed by atoms with Gasteiger partial charge >= 0.3 is 0 Å². The van der Waals surface area contributed by atoms with E-state index in [1.807, 2.05) is 24.3 Å². The van der Waals surface area contributed by atoms with Gasteiger partial charge in [0.25, 0.3) is 0 Å². The van der Waals surface area contributed by atoms with Crippen LogP contribution in [0.4, 0.5) is 5.69 Å². The highest BCUT2D eigenvalue weighted by atomic mass is 16.4. The van der Waals surface area contributed by atoms with Gasteiger partial charge in [0.2, 0.25) is 11.8 Å². The van der Waals surface area contributed by atoms with E-state index in [1.54, 1.807) is 0 Å². The summed E-state index contributed by atoms with van der Waals surface area (Å²) in [5.74, 6) is 1.14. The molecule has 23 heavy (non-hydrogen) atoms. The first kappa shape index (κ1) is 15.3. The maximum atomic E-state index is 5.75. The van der Waals surface area contributed by atoms with E-state index in [0.29, 0.717) is 18.3 Å². The Morgan fingerprint density at radius 3 is 2.17 bits per heavy atom. The average Bonchev–Trinajstić information content (AvgIpc) is 2.96. The molecule has 0 spiro atoms. The Kier molecular flexibility index (Phi) is 4.15. The maximum absolute atomic E-state index is 5.75. The lowest BCUT2D eigenvalue weighted by molar-refractivity contribution is 0.515. The van der Waals surface area contributed by atoms with Gasteiger partial charge < -0.3 is 9.73 Å². The lowest BCUT2D eigenvalue weighted by Gasteiger charge is -2.12. The number of hydrogen-bond acceptors (Lipinski definition) is 4. The van der Waals surface area contributed by atoms with Crippen molar-refractivity contribution in [2.45, 2.75) is 34.2 Å². The van der Waals surface area contributed by atoms with Crippen LogP contribution in [0.2, 0.25) is 0 Å². The summed E-state index contributed by atoms with van der Waals surface area (Å²) < 4.78 is 5.75.